The number of nitrogens with one attached hydrogen (secondary N) is 1. The fourth-order valence-electron chi connectivity index (χ4n) is 2.83. The van der Waals surface area contributed by atoms with Crippen LogP contribution in [0.1, 0.15) is 11.1 Å². The highest BCUT2D eigenvalue weighted by molar-refractivity contribution is 5.87. The summed E-state index contributed by atoms with van der Waals surface area (Å²) >= 11 is 0. The summed E-state index contributed by atoms with van der Waals surface area (Å²) in [6.45, 7) is 1.41. The van der Waals surface area contributed by atoms with E-state index >= 15 is 0 Å². The Morgan fingerprint density at radius 2 is 1.71 bits per heavy atom. The van der Waals surface area contributed by atoms with Gasteiger partial charge in [-0.15, -0.1) is 12.4 Å². The molecule has 0 aromatic heterocycles. The van der Waals surface area contributed by atoms with Crippen molar-refractivity contribution >= 4 is 23.2 Å². The number of hydrogen-bond acceptors (Lipinski definition) is 2. The van der Waals surface area contributed by atoms with Crippen LogP contribution in [-0.2, 0) is 13.0 Å². The molecule has 0 saturated heterocycles. The molecule has 0 atom stereocenters. The lowest BCUT2D eigenvalue weighted by molar-refractivity contribution is 0.408. The largest absolute Gasteiger partial charge is 0.496 e. The summed E-state index contributed by atoms with van der Waals surface area (Å²) in [5.74, 6) is 0.735. The fraction of sp³-hybridized carbons (Fsp3) is 0.200. The lowest BCUT2D eigenvalue weighted by Gasteiger charge is -2.13. The predicted molar refractivity (Wildman–Crippen MR) is 99.6 cm³/mol. The van der Waals surface area contributed by atoms with Gasteiger partial charge >= 0.3 is 0 Å². The van der Waals surface area contributed by atoms with Crippen molar-refractivity contribution in [3.63, 3.8) is 0 Å². The highest BCUT2D eigenvalue weighted by atomic mass is 35.5. The summed E-state index contributed by atoms with van der Waals surface area (Å²) in [4.78, 5) is 0. The maximum absolute atomic E-state index is 13.6. The first kappa shape index (κ1) is 18.2. The minimum atomic E-state index is -0.142. The molecule has 0 amide bonds. The van der Waals surface area contributed by atoms with E-state index in [9.17, 15) is 4.39 Å². The van der Waals surface area contributed by atoms with E-state index < -0.39 is 0 Å². The van der Waals surface area contributed by atoms with Crippen LogP contribution in [-0.4, -0.2) is 13.7 Å². The van der Waals surface area contributed by atoms with Crippen LogP contribution in [0.25, 0.3) is 10.8 Å². The van der Waals surface area contributed by atoms with Gasteiger partial charge in [-0.1, -0.05) is 48.5 Å². The van der Waals surface area contributed by atoms with Gasteiger partial charge in [0.25, 0.3) is 0 Å². The molecular formula is C20H21ClFNO. The molecule has 0 aliphatic rings. The van der Waals surface area contributed by atoms with E-state index in [2.05, 4.69) is 23.5 Å². The van der Waals surface area contributed by atoms with Crippen LogP contribution in [0, 0.1) is 5.82 Å². The number of fused-ring (bicyclic) bond motifs is 1. The third-order valence-corrected chi connectivity index (χ3v) is 4.05. The Morgan fingerprint density at radius 1 is 0.958 bits per heavy atom. The third-order valence-electron chi connectivity index (χ3n) is 4.05. The Hall–Kier alpha value is -2.10. The van der Waals surface area contributed by atoms with Gasteiger partial charge in [0, 0.05) is 12.1 Å². The molecule has 24 heavy (non-hydrogen) atoms. The number of hydrogen-bond donors (Lipinski definition) is 1. The third kappa shape index (κ3) is 4.05. The summed E-state index contributed by atoms with van der Waals surface area (Å²) in [5, 5.41) is 5.78. The molecule has 0 fully saturated rings. The van der Waals surface area contributed by atoms with Crippen LogP contribution in [0.2, 0.25) is 0 Å². The summed E-state index contributed by atoms with van der Waals surface area (Å²) in [6, 6.07) is 19.2. The smallest absolute Gasteiger partial charge is 0.126 e. The van der Waals surface area contributed by atoms with Crippen molar-refractivity contribution in [2.75, 3.05) is 13.7 Å². The highest BCUT2D eigenvalue weighted by Crippen LogP contribution is 2.27. The number of methoxy groups -OCH3 is 1. The molecule has 0 aliphatic heterocycles. The Kier molecular flexibility index (Phi) is 6.59. The summed E-state index contributed by atoms with van der Waals surface area (Å²) in [5.41, 5.74) is 1.88. The van der Waals surface area contributed by atoms with Crippen LogP contribution >= 0.6 is 12.4 Å². The van der Waals surface area contributed by atoms with Crippen LogP contribution in [0.3, 0.4) is 0 Å². The minimum Gasteiger partial charge on any atom is -0.496 e. The molecule has 4 heteroatoms. The zero-order valence-corrected chi connectivity index (χ0v) is 14.4. The summed E-state index contributed by atoms with van der Waals surface area (Å²) < 4.78 is 19.1. The zero-order valence-electron chi connectivity index (χ0n) is 13.6. The Balaban J connectivity index is 0.00000208. The first-order valence-corrected chi connectivity index (χ1v) is 7.78. The van der Waals surface area contributed by atoms with Gasteiger partial charge in [0.15, 0.2) is 0 Å². The molecule has 3 aromatic rings. The molecule has 0 heterocycles. The van der Waals surface area contributed by atoms with Crippen LogP contribution in [0.5, 0.6) is 5.75 Å². The van der Waals surface area contributed by atoms with E-state index in [1.807, 2.05) is 30.3 Å². The molecule has 3 rings (SSSR count). The molecule has 0 radical (unpaired) electrons. The number of halogens is 2. The van der Waals surface area contributed by atoms with Gasteiger partial charge in [0.05, 0.1) is 7.11 Å². The van der Waals surface area contributed by atoms with Crippen molar-refractivity contribution in [3.8, 4) is 5.75 Å². The van der Waals surface area contributed by atoms with Crippen molar-refractivity contribution in [1.82, 2.24) is 5.32 Å². The summed E-state index contributed by atoms with van der Waals surface area (Å²) in [6.07, 6.45) is 0.666. The van der Waals surface area contributed by atoms with Crippen LogP contribution in [0.15, 0.2) is 60.7 Å². The van der Waals surface area contributed by atoms with E-state index in [1.54, 1.807) is 13.2 Å². The van der Waals surface area contributed by atoms with Crippen LogP contribution in [0.4, 0.5) is 4.39 Å². The molecule has 1 N–H and O–H groups in total. The molecule has 126 valence electrons. The molecule has 3 aromatic carbocycles. The standard InChI is InChI=1S/C20H20FNO.ClH/c1-23-20-11-10-15-6-2-4-8-17(15)18(20)14-22-13-12-16-7-3-5-9-19(16)21;/h2-11,22H,12-14H2,1H3;1H. The first-order valence-electron chi connectivity index (χ1n) is 7.78. The van der Waals surface area contributed by atoms with Gasteiger partial charge in [0.2, 0.25) is 0 Å². The second-order valence-electron chi connectivity index (χ2n) is 5.49. The molecule has 0 aliphatic carbocycles. The fourth-order valence-corrected chi connectivity index (χ4v) is 2.83. The van der Waals surface area contributed by atoms with Gasteiger partial charge in [-0.05, 0) is 41.4 Å². The van der Waals surface area contributed by atoms with Gasteiger partial charge in [-0.3, -0.25) is 0 Å². The minimum absolute atomic E-state index is 0. The average Bonchev–Trinajstić information content (AvgIpc) is 2.60. The highest BCUT2D eigenvalue weighted by Gasteiger charge is 2.08. The maximum atomic E-state index is 13.6. The number of ether oxygens (including phenoxy) is 1. The Labute approximate surface area is 148 Å². The quantitative estimate of drug-likeness (QED) is 0.651. The van der Waals surface area contributed by atoms with E-state index in [1.165, 1.54) is 16.8 Å². The molecular weight excluding hydrogens is 325 g/mol. The van der Waals surface area contributed by atoms with Crippen molar-refractivity contribution in [1.29, 1.82) is 0 Å². The molecule has 0 saturated carbocycles. The monoisotopic (exact) mass is 345 g/mol. The molecule has 0 spiro atoms. The topological polar surface area (TPSA) is 21.3 Å². The van der Waals surface area contributed by atoms with E-state index in [4.69, 9.17) is 4.74 Å². The molecule has 0 unspecified atom stereocenters. The number of rotatable bonds is 6. The Morgan fingerprint density at radius 3 is 2.50 bits per heavy atom. The van der Waals surface area contributed by atoms with E-state index in [0.717, 1.165) is 16.9 Å². The SMILES string of the molecule is COc1ccc2ccccc2c1CNCCc1ccccc1F.Cl. The molecule has 0 bridgehead atoms. The predicted octanol–water partition coefficient (Wildman–Crippen LogP) is 4.74. The van der Waals surface area contributed by atoms with Crippen molar-refractivity contribution in [3.05, 3.63) is 77.6 Å². The lowest BCUT2D eigenvalue weighted by Crippen LogP contribution is -2.17. The van der Waals surface area contributed by atoms with Gasteiger partial charge in [0.1, 0.15) is 11.6 Å². The van der Waals surface area contributed by atoms with Crippen molar-refractivity contribution in [2.45, 2.75) is 13.0 Å². The van der Waals surface area contributed by atoms with E-state index in [0.29, 0.717) is 19.5 Å². The van der Waals surface area contributed by atoms with Crippen LogP contribution < -0.4 is 10.1 Å². The second kappa shape index (κ2) is 8.67. The zero-order chi connectivity index (χ0) is 16.1. The second-order valence-corrected chi connectivity index (χ2v) is 5.49. The average molecular weight is 346 g/mol. The normalized spacial score (nSPS) is 10.4. The summed E-state index contributed by atoms with van der Waals surface area (Å²) in [7, 11) is 1.69. The van der Waals surface area contributed by atoms with Crippen molar-refractivity contribution < 1.29 is 9.13 Å². The Bertz CT molecular complexity index is 807. The lowest BCUT2D eigenvalue weighted by atomic mass is 10.0. The van der Waals surface area contributed by atoms with Gasteiger partial charge in [-0.2, -0.15) is 0 Å². The first-order chi connectivity index (χ1) is 11.3. The maximum Gasteiger partial charge on any atom is 0.126 e. The van der Waals surface area contributed by atoms with Crippen molar-refractivity contribution in [2.24, 2.45) is 0 Å². The van der Waals surface area contributed by atoms with E-state index in [-0.39, 0.29) is 18.2 Å². The van der Waals surface area contributed by atoms with Gasteiger partial charge in [-0.25, -0.2) is 4.39 Å². The number of benzene rings is 3. The molecule has 2 nitrogen and oxygen atoms in total. The van der Waals surface area contributed by atoms with Gasteiger partial charge < -0.3 is 10.1 Å².